The van der Waals surface area contributed by atoms with Crippen molar-refractivity contribution in [3.8, 4) is 0 Å². The smallest absolute Gasteiger partial charge is 0.245 e. The van der Waals surface area contributed by atoms with Crippen LogP contribution in [0.2, 0.25) is 5.02 Å². The van der Waals surface area contributed by atoms with Gasteiger partial charge in [0.25, 0.3) is 0 Å². The van der Waals surface area contributed by atoms with Crippen LogP contribution in [-0.2, 0) is 14.3 Å². The van der Waals surface area contributed by atoms with Crippen molar-refractivity contribution >= 4 is 47.2 Å². The Morgan fingerprint density at radius 1 is 1.36 bits per heavy atom. The Morgan fingerprint density at radius 2 is 2.00 bits per heavy atom. The minimum absolute atomic E-state index is 0. The third kappa shape index (κ3) is 4.08. The van der Waals surface area contributed by atoms with Gasteiger partial charge in [-0.25, -0.2) is 0 Å². The number of carbonyl (C=O) groups is 2. The Kier molecular flexibility index (Phi) is 6.87. The maximum Gasteiger partial charge on any atom is 0.245 e. The molecule has 0 radical (unpaired) electrons. The van der Waals surface area contributed by atoms with Crippen molar-refractivity contribution in [3.63, 3.8) is 0 Å². The van der Waals surface area contributed by atoms with Crippen molar-refractivity contribution in [2.24, 2.45) is 11.1 Å². The summed E-state index contributed by atoms with van der Waals surface area (Å²) in [7, 11) is 0. The number of nitrogens with one attached hydrogen (secondary N) is 2. The summed E-state index contributed by atoms with van der Waals surface area (Å²) < 4.78 is 5.64. The number of carbonyl (C=O) groups excluding carboxylic acids is 2. The molecular formula is C17H25Cl2N3O3. The first-order chi connectivity index (χ1) is 11.1. The second-order valence-electron chi connectivity index (χ2n) is 6.67. The predicted octanol–water partition coefficient (Wildman–Crippen LogP) is 3.19. The first kappa shape index (κ1) is 21.7. The summed E-state index contributed by atoms with van der Waals surface area (Å²) in [6.07, 6.45) is 0.432. The van der Waals surface area contributed by atoms with Crippen molar-refractivity contribution in [2.45, 2.75) is 45.8 Å². The standard InChI is InChI=1S/C17H24ClN3O3.ClH/c1-5-24-14-9-17(19,16(14,3)4)15(23)21-11-6-7-13(12(18)8-11)20-10(2)22;/h6-8,14H,5,9,19H2,1-4H3,(H,20,22)(H,21,23);1H. The van der Waals surface area contributed by atoms with E-state index in [-0.39, 0.29) is 30.3 Å². The molecule has 0 aliphatic heterocycles. The van der Waals surface area contributed by atoms with E-state index in [1.54, 1.807) is 18.2 Å². The molecule has 2 rings (SSSR count). The van der Waals surface area contributed by atoms with E-state index in [2.05, 4.69) is 10.6 Å². The molecule has 25 heavy (non-hydrogen) atoms. The zero-order chi connectivity index (χ0) is 18.1. The molecule has 0 bridgehead atoms. The molecule has 2 atom stereocenters. The van der Waals surface area contributed by atoms with Crippen LogP contribution < -0.4 is 16.4 Å². The highest BCUT2D eigenvalue weighted by molar-refractivity contribution is 6.34. The zero-order valence-corrected chi connectivity index (χ0v) is 16.4. The van der Waals surface area contributed by atoms with E-state index in [1.807, 2.05) is 20.8 Å². The average Bonchev–Trinajstić information content (AvgIpc) is 2.49. The van der Waals surface area contributed by atoms with Crippen LogP contribution in [0.25, 0.3) is 0 Å². The molecule has 1 aromatic carbocycles. The average molecular weight is 390 g/mol. The largest absolute Gasteiger partial charge is 0.378 e. The summed E-state index contributed by atoms with van der Waals surface area (Å²) in [4.78, 5) is 23.7. The highest BCUT2D eigenvalue weighted by Crippen LogP contribution is 2.50. The van der Waals surface area contributed by atoms with E-state index < -0.39 is 11.0 Å². The van der Waals surface area contributed by atoms with Crippen LogP contribution in [0.4, 0.5) is 11.4 Å². The van der Waals surface area contributed by atoms with Gasteiger partial charge in [0.1, 0.15) is 5.54 Å². The first-order valence-corrected chi connectivity index (χ1v) is 8.28. The van der Waals surface area contributed by atoms with Crippen LogP contribution in [0.15, 0.2) is 18.2 Å². The number of hydrogen-bond acceptors (Lipinski definition) is 4. The van der Waals surface area contributed by atoms with Crippen molar-refractivity contribution < 1.29 is 14.3 Å². The van der Waals surface area contributed by atoms with Gasteiger partial charge < -0.3 is 21.1 Å². The lowest BCUT2D eigenvalue weighted by Crippen LogP contribution is -2.74. The Bertz CT molecular complexity index is 667. The lowest BCUT2D eigenvalue weighted by atomic mass is 9.54. The number of anilines is 2. The van der Waals surface area contributed by atoms with Crippen molar-refractivity contribution in [3.05, 3.63) is 23.2 Å². The SMILES string of the molecule is CCOC1CC(N)(C(=O)Nc2ccc(NC(C)=O)c(Cl)c2)C1(C)C.Cl. The van der Waals surface area contributed by atoms with Gasteiger partial charge in [-0.1, -0.05) is 25.4 Å². The minimum Gasteiger partial charge on any atom is -0.378 e. The molecule has 2 unspecified atom stereocenters. The van der Waals surface area contributed by atoms with Crippen molar-refractivity contribution in [2.75, 3.05) is 17.2 Å². The van der Waals surface area contributed by atoms with Crippen LogP contribution in [0, 0.1) is 5.41 Å². The van der Waals surface area contributed by atoms with E-state index in [1.165, 1.54) is 6.92 Å². The molecule has 0 spiro atoms. The van der Waals surface area contributed by atoms with Crippen LogP contribution in [0.1, 0.15) is 34.1 Å². The topological polar surface area (TPSA) is 93.4 Å². The lowest BCUT2D eigenvalue weighted by Gasteiger charge is -2.57. The fourth-order valence-electron chi connectivity index (χ4n) is 2.95. The number of halogens is 2. The Morgan fingerprint density at radius 3 is 2.48 bits per heavy atom. The first-order valence-electron chi connectivity index (χ1n) is 7.91. The summed E-state index contributed by atoms with van der Waals surface area (Å²) in [5.41, 5.74) is 5.89. The van der Waals surface area contributed by atoms with Crippen LogP contribution in [0.5, 0.6) is 0 Å². The number of benzene rings is 1. The molecule has 140 valence electrons. The van der Waals surface area contributed by atoms with Crippen LogP contribution in [0.3, 0.4) is 0 Å². The molecule has 1 aliphatic carbocycles. The second kappa shape index (κ2) is 7.91. The summed E-state index contributed by atoms with van der Waals surface area (Å²) in [6, 6.07) is 4.89. The third-order valence-electron chi connectivity index (χ3n) is 4.77. The molecular weight excluding hydrogens is 365 g/mol. The third-order valence-corrected chi connectivity index (χ3v) is 5.09. The number of ether oxygens (including phenoxy) is 1. The Balaban J connectivity index is 0.00000312. The van der Waals surface area contributed by atoms with Gasteiger partial charge in [0.15, 0.2) is 0 Å². The molecule has 1 aromatic rings. The van der Waals surface area contributed by atoms with Crippen molar-refractivity contribution in [1.82, 2.24) is 0 Å². The van der Waals surface area contributed by atoms with Crippen LogP contribution >= 0.6 is 24.0 Å². The molecule has 1 aliphatic rings. The molecule has 0 heterocycles. The van der Waals surface area contributed by atoms with E-state index in [9.17, 15) is 9.59 Å². The van der Waals surface area contributed by atoms with Gasteiger partial charge in [-0.15, -0.1) is 12.4 Å². The van der Waals surface area contributed by atoms with Gasteiger partial charge in [-0.3, -0.25) is 9.59 Å². The second-order valence-corrected chi connectivity index (χ2v) is 7.08. The minimum atomic E-state index is -1.00. The highest BCUT2D eigenvalue weighted by Gasteiger charge is 2.62. The summed E-state index contributed by atoms with van der Waals surface area (Å²) in [5.74, 6) is -0.487. The van der Waals surface area contributed by atoms with E-state index in [0.29, 0.717) is 29.4 Å². The molecule has 8 heteroatoms. The van der Waals surface area contributed by atoms with Gasteiger partial charge in [0.2, 0.25) is 11.8 Å². The Labute approximate surface area is 159 Å². The number of rotatable bonds is 5. The van der Waals surface area contributed by atoms with E-state index >= 15 is 0 Å². The summed E-state index contributed by atoms with van der Waals surface area (Å²) >= 11 is 6.12. The number of amides is 2. The number of hydrogen-bond donors (Lipinski definition) is 3. The van der Waals surface area contributed by atoms with Gasteiger partial charge in [0, 0.05) is 31.1 Å². The highest BCUT2D eigenvalue weighted by atomic mass is 35.5. The summed E-state index contributed by atoms with van der Waals surface area (Å²) in [5, 5.41) is 5.76. The van der Waals surface area contributed by atoms with Crippen LogP contribution in [-0.4, -0.2) is 30.1 Å². The van der Waals surface area contributed by atoms with E-state index in [4.69, 9.17) is 22.1 Å². The predicted molar refractivity (Wildman–Crippen MR) is 102 cm³/mol. The molecule has 1 fully saturated rings. The van der Waals surface area contributed by atoms with Crippen molar-refractivity contribution in [1.29, 1.82) is 0 Å². The quantitative estimate of drug-likeness (QED) is 0.720. The molecule has 0 aromatic heterocycles. The monoisotopic (exact) mass is 389 g/mol. The fraction of sp³-hybridized carbons (Fsp3) is 0.529. The molecule has 1 saturated carbocycles. The maximum absolute atomic E-state index is 12.7. The Hall–Kier alpha value is -1.34. The van der Waals surface area contributed by atoms with Gasteiger partial charge in [-0.2, -0.15) is 0 Å². The molecule has 0 saturated heterocycles. The number of nitrogens with two attached hydrogens (primary N) is 1. The van der Waals surface area contributed by atoms with Gasteiger partial charge >= 0.3 is 0 Å². The normalized spacial score (nSPS) is 23.8. The maximum atomic E-state index is 12.7. The molecule has 2 amide bonds. The van der Waals surface area contributed by atoms with Gasteiger partial charge in [-0.05, 0) is 25.1 Å². The molecule has 4 N–H and O–H groups in total. The van der Waals surface area contributed by atoms with Gasteiger partial charge in [0.05, 0.1) is 16.8 Å². The fourth-order valence-corrected chi connectivity index (χ4v) is 3.17. The molecule has 6 nitrogen and oxygen atoms in total. The lowest BCUT2D eigenvalue weighted by molar-refractivity contribution is -0.166. The van der Waals surface area contributed by atoms with E-state index in [0.717, 1.165) is 0 Å². The zero-order valence-electron chi connectivity index (χ0n) is 14.8. The summed E-state index contributed by atoms with van der Waals surface area (Å²) in [6.45, 7) is 7.78.